The van der Waals surface area contributed by atoms with Gasteiger partial charge in [-0.25, -0.2) is 0 Å². The summed E-state index contributed by atoms with van der Waals surface area (Å²) < 4.78 is 0. The summed E-state index contributed by atoms with van der Waals surface area (Å²) in [6, 6.07) is 0. The van der Waals surface area contributed by atoms with Crippen molar-refractivity contribution < 1.29 is 4.79 Å². The van der Waals surface area contributed by atoms with Gasteiger partial charge in [-0.1, -0.05) is 33.0 Å². The van der Waals surface area contributed by atoms with Gasteiger partial charge >= 0.3 is 0 Å². The van der Waals surface area contributed by atoms with Gasteiger partial charge in [0.05, 0.1) is 10.4 Å². The van der Waals surface area contributed by atoms with Gasteiger partial charge in [0, 0.05) is 6.54 Å². The van der Waals surface area contributed by atoms with E-state index in [1.165, 1.54) is 0 Å². The smallest absolute Gasteiger partial charge is 0.233 e. The fourth-order valence-corrected chi connectivity index (χ4v) is 1.52. The summed E-state index contributed by atoms with van der Waals surface area (Å²) >= 11 is 4.89. The third-order valence-corrected chi connectivity index (χ3v) is 2.83. The van der Waals surface area contributed by atoms with Gasteiger partial charge in [0.1, 0.15) is 0 Å². The zero-order valence-electron chi connectivity index (χ0n) is 9.02. The van der Waals surface area contributed by atoms with Crippen LogP contribution in [-0.2, 0) is 4.79 Å². The van der Waals surface area contributed by atoms with Crippen molar-refractivity contribution in [2.24, 2.45) is 16.6 Å². The van der Waals surface area contributed by atoms with Crippen molar-refractivity contribution in [2.45, 2.75) is 33.6 Å². The molecule has 0 radical (unpaired) electrons. The Morgan fingerprint density at radius 2 is 2.00 bits per heavy atom. The minimum atomic E-state index is -0.513. The Morgan fingerprint density at radius 3 is 2.29 bits per heavy atom. The van der Waals surface area contributed by atoms with E-state index in [4.69, 9.17) is 18.0 Å². The van der Waals surface area contributed by atoms with Crippen LogP contribution in [-0.4, -0.2) is 17.4 Å². The van der Waals surface area contributed by atoms with Gasteiger partial charge in [-0.05, 0) is 18.3 Å². The van der Waals surface area contributed by atoms with E-state index >= 15 is 0 Å². The van der Waals surface area contributed by atoms with E-state index in [1.807, 2.05) is 0 Å². The summed E-state index contributed by atoms with van der Waals surface area (Å²) in [5, 5.41) is 2.90. The van der Waals surface area contributed by atoms with E-state index in [9.17, 15) is 4.79 Å². The number of rotatable bonds is 3. The lowest BCUT2D eigenvalue weighted by molar-refractivity contribution is -0.124. The minimum absolute atomic E-state index is 0.0000694. The van der Waals surface area contributed by atoms with E-state index in [0.29, 0.717) is 11.5 Å². The fourth-order valence-electron chi connectivity index (χ4n) is 1.22. The molecule has 0 saturated heterocycles. The molecule has 1 aliphatic carbocycles. The highest BCUT2D eigenvalue weighted by Crippen LogP contribution is 2.46. The highest BCUT2D eigenvalue weighted by Gasteiger charge is 2.52. The Morgan fingerprint density at radius 1 is 1.50 bits per heavy atom. The molecule has 4 heteroatoms. The second kappa shape index (κ2) is 3.50. The van der Waals surface area contributed by atoms with Gasteiger partial charge in [0.25, 0.3) is 0 Å². The molecule has 1 saturated carbocycles. The number of amides is 1. The molecule has 0 unspecified atom stereocenters. The molecule has 0 heterocycles. The highest BCUT2D eigenvalue weighted by atomic mass is 32.1. The molecule has 3 nitrogen and oxygen atoms in total. The number of carbonyl (C=O) groups excluding carboxylic acids is 1. The van der Waals surface area contributed by atoms with Crippen molar-refractivity contribution in [3.63, 3.8) is 0 Å². The second-order valence-corrected chi connectivity index (χ2v) is 5.63. The third kappa shape index (κ3) is 2.44. The Hall–Kier alpha value is -0.640. The van der Waals surface area contributed by atoms with Crippen LogP contribution in [0.4, 0.5) is 0 Å². The first-order valence-corrected chi connectivity index (χ1v) is 5.27. The molecule has 0 aromatic heterocycles. The van der Waals surface area contributed by atoms with Crippen LogP contribution >= 0.6 is 12.2 Å². The quantitative estimate of drug-likeness (QED) is 0.694. The SMILES string of the molecule is CC(C)(C)CNC(=O)C1(C(N)=S)CC1. The van der Waals surface area contributed by atoms with Crippen LogP contribution in [0.5, 0.6) is 0 Å². The van der Waals surface area contributed by atoms with E-state index in [-0.39, 0.29) is 11.3 Å². The molecule has 1 aliphatic rings. The molecule has 1 fully saturated rings. The van der Waals surface area contributed by atoms with Gasteiger partial charge in [0.15, 0.2) is 0 Å². The van der Waals surface area contributed by atoms with Crippen molar-refractivity contribution in [1.29, 1.82) is 0 Å². The first kappa shape index (κ1) is 11.4. The predicted molar refractivity (Wildman–Crippen MR) is 60.9 cm³/mol. The van der Waals surface area contributed by atoms with Gasteiger partial charge in [0.2, 0.25) is 5.91 Å². The maximum absolute atomic E-state index is 11.7. The van der Waals surface area contributed by atoms with E-state index in [1.54, 1.807) is 0 Å². The Kier molecular flexibility index (Phi) is 2.86. The molecule has 0 spiro atoms. The second-order valence-electron chi connectivity index (χ2n) is 5.19. The predicted octanol–water partition coefficient (Wildman–Crippen LogP) is 1.22. The van der Waals surface area contributed by atoms with Gasteiger partial charge in [-0.2, -0.15) is 0 Å². The third-order valence-electron chi connectivity index (χ3n) is 2.44. The van der Waals surface area contributed by atoms with Crippen LogP contribution in [0.15, 0.2) is 0 Å². The number of carbonyl (C=O) groups is 1. The minimum Gasteiger partial charge on any atom is -0.392 e. The average molecular weight is 214 g/mol. The number of hydrogen-bond acceptors (Lipinski definition) is 2. The fraction of sp³-hybridized carbons (Fsp3) is 0.800. The lowest BCUT2D eigenvalue weighted by atomic mass is 9.96. The monoisotopic (exact) mass is 214 g/mol. The lowest BCUT2D eigenvalue weighted by Gasteiger charge is -2.21. The summed E-state index contributed by atoms with van der Waals surface area (Å²) in [5.41, 5.74) is 5.13. The summed E-state index contributed by atoms with van der Waals surface area (Å²) in [6.07, 6.45) is 1.61. The molecule has 0 bridgehead atoms. The first-order valence-electron chi connectivity index (χ1n) is 4.86. The van der Waals surface area contributed by atoms with E-state index < -0.39 is 5.41 Å². The Labute approximate surface area is 90.4 Å². The summed E-state index contributed by atoms with van der Waals surface area (Å²) in [4.78, 5) is 12.1. The lowest BCUT2D eigenvalue weighted by Crippen LogP contribution is -2.42. The average Bonchev–Trinajstić information content (AvgIpc) is 2.78. The summed E-state index contributed by atoms with van der Waals surface area (Å²) in [6.45, 7) is 6.89. The van der Waals surface area contributed by atoms with Crippen molar-refractivity contribution in [3.8, 4) is 0 Å². The van der Waals surface area contributed by atoms with E-state index in [2.05, 4.69) is 26.1 Å². The number of hydrogen-bond donors (Lipinski definition) is 2. The topological polar surface area (TPSA) is 55.1 Å². The Balaban J connectivity index is 2.48. The first-order chi connectivity index (χ1) is 6.28. The number of nitrogens with two attached hydrogens (primary N) is 1. The van der Waals surface area contributed by atoms with Crippen LogP contribution in [0.1, 0.15) is 33.6 Å². The normalized spacial score (nSPS) is 18.8. The molecule has 80 valence electrons. The van der Waals surface area contributed by atoms with Crippen molar-refractivity contribution in [1.82, 2.24) is 5.32 Å². The molecule has 0 aliphatic heterocycles. The Bertz CT molecular complexity index is 264. The van der Waals surface area contributed by atoms with Gasteiger partial charge in [-0.15, -0.1) is 0 Å². The molecule has 3 N–H and O–H groups in total. The highest BCUT2D eigenvalue weighted by molar-refractivity contribution is 7.80. The van der Waals surface area contributed by atoms with Crippen LogP contribution in [0.25, 0.3) is 0 Å². The molecular weight excluding hydrogens is 196 g/mol. The van der Waals surface area contributed by atoms with Crippen LogP contribution in [0.3, 0.4) is 0 Å². The zero-order chi connectivity index (χ0) is 11.0. The standard InChI is InChI=1S/C10H18N2OS/c1-9(2,3)6-12-8(13)10(4-5-10)7(11)14/h4-6H2,1-3H3,(H2,11,14)(H,12,13). The zero-order valence-corrected chi connectivity index (χ0v) is 9.83. The van der Waals surface area contributed by atoms with Crippen LogP contribution in [0, 0.1) is 10.8 Å². The number of nitrogens with one attached hydrogen (secondary N) is 1. The maximum atomic E-state index is 11.7. The molecule has 0 aromatic rings. The molecular formula is C10H18N2OS. The molecule has 14 heavy (non-hydrogen) atoms. The summed E-state index contributed by atoms with van der Waals surface area (Å²) in [7, 11) is 0. The van der Waals surface area contributed by atoms with Crippen molar-refractivity contribution in [3.05, 3.63) is 0 Å². The number of thiocarbonyl (C=S) groups is 1. The van der Waals surface area contributed by atoms with E-state index in [0.717, 1.165) is 12.8 Å². The molecule has 1 amide bonds. The molecule has 0 aromatic carbocycles. The largest absolute Gasteiger partial charge is 0.392 e. The molecule has 0 atom stereocenters. The maximum Gasteiger partial charge on any atom is 0.233 e. The van der Waals surface area contributed by atoms with Gasteiger partial charge < -0.3 is 11.1 Å². The van der Waals surface area contributed by atoms with Crippen LogP contribution < -0.4 is 11.1 Å². The van der Waals surface area contributed by atoms with Crippen molar-refractivity contribution >= 4 is 23.1 Å². The van der Waals surface area contributed by atoms with Crippen molar-refractivity contribution in [2.75, 3.05) is 6.54 Å². The summed E-state index contributed by atoms with van der Waals surface area (Å²) in [5.74, 6) is -0.0000694. The van der Waals surface area contributed by atoms with Crippen LogP contribution in [0.2, 0.25) is 0 Å². The molecule has 1 rings (SSSR count). The van der Waals surface area contributed by atoms with Gasteiger partial charge in [-0.3, -0.25) is 4.79 Å².